The second kappa shape index (κ2) is 6.08. The molecule has 88 valence electrons. The molecule has 4 heteroatoms. The van der Waals surface area contributed by atoms with Gasteiger partial charge in [0.1, 0.15) is 0 Å². The van der Waals surface area contributed by atoms with Gasteiger partial charge in [-0.15, -0.1) is 0 Å². The van der Waals surface area contributed by atoms with Gasteiger partial charge in [0.25, 0.3) is 0 Å². The van der Waals surface area contributed by atoms with E-state index in [-0.39, 0.29) is 5.97 Å². The number of hydrogen-bond donors (Lipinski definition) is 0. The SMILES string of the molecule is COC(=O)CN1CCN(CC(C)C)CC1. The second-order valence-electron chi connectivity index (χ2n) is 4.55. The van der Waals surface area contributed by atoms with Crippen molar-refractivity contribution >= 4 is 5.97 Å². The zero-order chi connectivity index (χ0) is 11.3. The van der Waals surface area contributed by atoms with Crippen LogP contribution in [0.5, 0.6) is 0 Å². The maximum atomic E-state index is 11.1. The van der Waals surface area contributed by atoms with E-state index in [2.05, 4.69) is 28.4 Å². The number of ether oxygens (including phenoxy) is 1. The molecule has 15 heavy (non-hydrogen) atoms. The first-order valence-electron chi connectivity index (χ1n) is 5.63. The maximum absolute atomic E-state index is 11.1. The van der Waals surface area contributed by atoms with Crippen molar-refractivity contribution in [1.29, 1.82) is 0 Å². The van der Waals surface area contributed by atoms with E-state index in [9.17, 15) is 4.79 Å². The molecule has 1 fully saturated rings. The van der Waals surface area contributed by atoms with Crippen LogP contribution in [0.25, 0.3) is 0 Å². The van der Waals surface area contributed by atoms with Crippen LogP contribution in [0.15, 0.2) is 0 Å². The Morgan fingerprint density at radius 3 is 2.20 bits per heavy atom. The van der Waals surface area contributed by atoms with Crippen molar-refractivity contribution < 1.29 is 9.53 Å². The summed E-state index contributed by atoms with van der Waals surface area (Å²) in [5.41, 5.74) is 0. The molecule has 0 aliphatic carbocycles. The molecule has 1 heterocycles. The second-order valence-corrected chi connectivity index (χ2v) is 4.55. The van der Waals surface area contributed by atoms with Crippen molar-refractivity contribution in [2.24, 2.45) is 5.92 Å². The van der Waals surface area contributed by atoms with Crippen LogP contribution in [-0.4, -0.2) is 62.1 Å². The first-order valence-corrected chi connectivity index (χ1v) is 5.63. The van der Waals surface area contributed by atoms with Crippen LogP contribution >= 0.6 is 0 Å². The first kappa shape index (κ1) is 12.5. The summed E-state index contributed by atoms with van der Waals surface area (Å²) in [6.45, 7) is 10.1. The van der Waals surface area contributed by atoms with Gasteiger partial charge >= 0.3 is 5.97 Å². The Hall–Kier alpha value is -0.610. The predicted molar refractivity (Wildman–Crippen MR) is 59.7 cm³/mol. The first-order chi connectivity index (χ1) is 7.11. The van der Waals surface area contributed by atoms with Gasteiger partial charge in [-0.3, -0.25) is 9.69 Å². The lowest BCUT2D eigenvalue weighted by atomic mass is 10.2. The van der Waals surface area contributed by atoms with E-state index in [1.807, 2.05) is 0 Å². The third-order valence-electron chi connectivity index (χ3n) is 2.67. The highest BCUT2D eigenvalue weighted by molar-refractivity contribution is 5.71. The molecule has 0 bridgehead atoms. The third-order valence-corrected chi connectivity index (χ3v) is 2.67. The minimum absolute atomic E-state index is 0.132. The van der Waals surface area contributed by atoms with Crippen LogP contribution < -0.4 is 0 Å². The summed E-state index contributed by atoms with van der Waals surface area (Å²) in [6, 6.07) is 0. The van der Waals surface area contributed by atoms with Gasteiger partial charge in [0.15, 0.2) is 0 Å². The van der Waals surface area contributed by atoms with E-state index in [0.29, 0.717) is 6.54 Å². The molecule has 0 amide bonds. The topological polar surface area (TPSA) is 32.8 Å². The van der Waals surface area contributed by atoms with Crippen LogP contribution in [-0.2, 0) is 9.53 Å². The number of methoxy groups -OCH3 is 1. The van der Waals surface area contributed by atoms with Gasteiger partial charge in [0, 0.05) is 32.7 Å². The van der Waals surface area contributed by atoms with Crippen molar-refractivity contribution in [3.8, 4) is 0 Å². The van der Waals surface area contributed by atoms with Crippen molar-refractivity contribution in [2.45, 2.75) is 13.8 Å². The summed E-state index contributed by atoms with van der Waals surface area (Å²) >= 11 is 0. The Labute approximate surface area is 92.2 Å². The van der Waals surface area contributed by atoms with Gasteiger partial charge in [-0.05, 0) is 5.92 Å². The average molecular weight is 214 g/mol. The summed E-state index contributed by atoms with van der Waals surface area (Å²) in [4.78, 5) is 15.7. The van der Waals surface area contributed by atoms with Crippen molar-refractivity contribution in [3.05, 3.63) is 0 Å². The summed E-state index contributed by atoms with van der Waals surface area (Å²) < 4.78 is 4.65. The zero-order valence-electron chi connectivity index (χ0n) is 10.0. The fourth-order valence-electron chi connectivity index (χ4n) is 1.89. The molecular formula is C11H22N2O2. The lowest BCUT2D eigenvalue weighted by molar-refractivity contribution is -0.142. The molecule has 1 rings (SSSR count). The minimum Gasteiger partial charge on any atom is -0.468 e. The van der Waals surface area contributed by atoms with Crippen LogP contribution in [0.2, 0.25) is 0 Å². The number of esters is 1. The standard InChI is InChI=1S/C11H22N2O2/c1-10(2)8-12-4-6-13(7-5-12)9-11(14)15-3/h10H,4-9H2,1-3H3. The molecule has 0 aromatic rings. The molecule has 0 spiro atoms. The van der Waals surface area contributed by atoms with Gasteiger partial charge in [0.2, 0.25) is 0 Å². The van der Waals surface area contributed by atoms with Gasteiger partial charge in [-0.25, -0.2) is 0 Å². The van der Waals surface area contributed by atoms with Crippen molar-refractivity contribution in [2.75, 3.05) is 46.4 Å². The van der Waals surface area contributed by atoms with E-state index in [4.69, 9.17) is 0 Å². The van der Waals surface area contributed by atoms with Crippen LogP contribution in [0.1, 0.15) is 13.8 Å². The van der Waals surface area contributed by atoms with E-state index in [1.54, 1.807) is 0 Å². The Bertz CT molecular complexity index is 199. The Kier molecular flexibility index (Phi) is 5.05. The largest absolute Gasteiger partial charge is 0.468 e. The molecule has 1 saturated heterocycles. The maximum Gasteiger partial charge on any atom is 0.319 e. The number of rotatable bonds is 4. The zero-order valence-corrected chi connectivity index (χ0v) is 10.0. The van der Waals surface area contributed by atoms with Gasteiger partial charge < -0.3 is 9.64 Å². The quantitative estimate of drug-likeness (QED) is 0.636. The minimum atomic E-state index is -0.132. The highest BCUT2D eigenvalue weighted by atomic mass is 16.5. The highest BCUT2D eigenvalue weighted by Gasteiger charge is 2.19. The van der Waals surface area contributed by atoms with Crippen LogP contribution in [0.4, 0.5) is 0 Å². The molecule has 0 aromatic heterocycles. The monoisotopic (exact) mass is 214 g/mol. The van der Waals surface area contributed by atoms with Crippen LogP contribution in [0.3, 0.4) is 0 Å². The molecule has 1 aliphatic heterocycles. The fraction of sp³-hybridized carbons (Fsp3) is 0.909. The summed E-state index contributed by atoms with van der Waals surface area (Å²) in [5, 5.41) is 0. The van der Waals surface area contributed by atoms with E-state index >= 15 is 0 Å². The van der Waals surface area contributed by atoms with E-state index in [1.165, 1.54) is 7.11 Å². The Morgan fingerprint density at radius 1 is 1.20 bits per heavy atom. The van der Waals surface area contributed by atoms with Crippen molar-refractivity contribution in [3.63, 3.8) is 0 Å². The number of carbonyl (C=O) groups is 1. The molecule has 0 atom stereocenters. The van der Waals surface area contributed by atoms with E-state index < -0.39 is 0 Å². The molecule has 0 saturated carbocycles. The molecule has 0 aromatic carbocycles. The fourth-order valence-corrected chi connectivity index (χ4v) is 1.89. The lowest BCUT2D eigenvalue weighted by Crippen LogP contribution is -2.48. The number of carbonyl (C=O) groups excluding carboxylic acids is 1. The lowest BCUT2D eigenvalue weighted by Gasteiger charge is -2.34. The van der Waals surface area contributed by atoms with Gasteiger partial charge in [0.05, 0.1) is 13.7 Å². The highest BCUT2D eigenvalue weighted by Crippen LogP contribution is 2.04. The molecule has 0 radical (unpaired) electrons. The molecular weight excluding hydrogens is 192 g/mol. The Balaban J connectivity index is 2.20. The average Bonchev–Trinajstić information content (AvgIpc) is 2.20. The van der Waals surface area contributed by atoms with Crippen molar-refractivity contribution in [1.82, 2.24) is 9.80 Å². The Morgan fingerprint density at radius 2 is 1.73 bits per heavy atom. The number of piperazine rings is 1. The van der Waals surface area contributed by atoms with Crippen LogP contribution in [0, 0.1) is 5.92 Å². The smallest absolute Gasteiger partial charge is 0.319 e. The number of nitrogens with zero attached hydrogens (tertiary/aromatic N) is 2. The van der Waals surface area contributed by atoms with E-state index in [0.717, 1.165) is 38.6 Å². The summed E-state index contributed by atoms with van der Waals surface area (Å²) in [5.74, 6) is 0.587. The molecule has 0 unspecified atom stereocenters. The predicted octanol–water partition coefficient (Wildman–Crippen LogP) is 0.433. The normalized spacial score (nSPS) is 19.5. The van der Waals surface area contributed by atoms with Gasteiger partial charge in [-0.1, -0.05) is 13.8 Å². The molecule has 4 nitrogen and oxygen atoms in total. The van der Waals surface area contributed by atoms with Gasteiger partial charge in [-0.2, -0.15) is 0 Å². The summed E-state index contributed by atoms with van der Waals surface area (Å²) in [6.07, 6.45) is 0. The third kappa shape index (κ3) is 4.62. The molecule has 0 N–H and O–H groups in total. The summed E-state index contributed by atoms with van der Waals surface area (Å²) in [7, 11) is 1.44. The number of hydrogen-bond acceptors (Lipinski definition) is 4. The molecule has 1 aliphatic rings.